The second kappa shape index (κ2) is 14.3. The van der Waals surface area contributed by atoms with E-state index in [2.05, 4.69) is 16.9 Å². The highest BCUT2D eigenvalue weighted by atomic mass is 32.2. The third-order valence-electron chi connectivity index (χ3n) is 8.33. The highest BCUT2D eigenvalue weighted by Crippen LogP contribution is 2.31. The van der Waals surface area contributed by atoms with Crippen molar-refractivity contribution in [2.75, 3.05) is 12.4 Å². The van der Waals surface area contributed by atoms with Gasteiger partial charge in [0.25, 0.3) is 5.56 Å². The molecule has 0 unspecified atom stereocenters. The first-order valence-electron chi connectivity index (χ1n) is 15.7. The van der Waals surface area contributed by atoms with Gasteiger partial charge in [0.05, 0.1) is 29.6 Å². The molecule has 1 aliphatic rings. The molecule has 2 heterocycles. The highest BCUT2D eigenvalue weighted by Gasteiger charge is 2.29. The van der Waals surface area contributed by atoms with Crippen molar-refractivity contribution in [2.45, 2.75) is 77.0 Å². The lowest BCUT2D eigenvalue weighted by atomic mass is 9.98. The molecule has 1 fully saturated rings. The van der Waals surface area contributed by atoms with Gasteiger partial charge in [0, 0.05) is 23.5 Å². The number of sulfone groups is 1. The van der Waals surface area contributed by atoms with Crippen LogP contribution >= 0.6 is 0 Å². The monoisotopic (exact) mass is 628 g/mol. The molecule has 2 aromatic heterocycles. The van der Waals surface area contributed by atoms with Crippen molar-refractivity contribution < 1.29 is 17.9 Å². The zero-order valence-electron chi connectivity index (χ0n) is 26.2. The van der Waals surface area contributed by atoms with Crippen LogP contribution in [0.15, 0.2) is 70.6 Å². The number of ketones is 1. The van der Waals surface area contributed by atoms with Gasteiger partial charge in [0.15, 0.2) is 21.4 Å². The third kappa shape index (κ3) is 7.39. The van der Waals surface area contributed by atoms with Crippen LogP contribution in [0.1, 0.15) is 75.0 Å². The molecule has 0 atom stereocenters. The summed E-state index contributed by atoms with van der Waals surface area (Å²) in [4.78, 5) is 40.4. The summed E-state index contributed by atoms with van der Waals surface area (Å²) in [7, 11) is -3.82. The van der Waals surface area contributed by atoms with E-state index in [0.29, 0.717) is 42.1 Å². The van der Waals surface area contributed by atoms with Gasteiger partial charge in [-0.15, -0.1) is 0 Å². The second-order valence-electron chi connectivity index (χ2n) is 11.6. The van der Waals surface area contributed by atoms with Gasteiger partial charge < -0.3 is 4.74 Å². The molecular formula is C35H40N4O5S. The van der Waals surface area contributed by atoms with Crippen LogP contribution < -0.4 is 10.3 Å². The molecule has 1 saturated carbocycles. The van der Waals surface area contributed by atoms with E-state index < -0.39 is 15.6 Å². The summed E-state index contributed by atoms with van der Waals surface area (Å²) in [5.41, 5.74) is 3.28. The van der Waals surface area contributed by atoms with E-state index in [1.807, 2.05) is 31.2 Å². The number of hydrogen-bond donors (Lipinski definition) is 0. The van der Waals surface area contributed by atoms with Crippen molar-refractivity contribution in [3.8, 4) is 22.8 Å². The lowest BCUT2D eigenvalue weighted by Crippen LogP contribution is -2.29. The number of aryl methyl sites for hydroxylation is 2. The molecule has 5 rings (SSSR count). The van der Waals surface area contributed by atoms with Crippen molar-refractivity contribution >= 4 is 15.6 Å². The van der Waals surface area contributed by atoms with Crippen LogP contribution in [-0.4, -0.2) is 46.1 Å². The topological polar surface area (TPSA) is 121 Å². The van der Waals surface area contributed by atoms with Gasteiger partial charge in [-0.25, -0.2) is 27.9 Å². The quantitative estimate of drug-likeness (QED) is 0.180. The molecule has 0 aliphatic heterocycles. The number of benzene rings is 2. The summed E-state index contributed by atoms with van der Waals surface area (Å²) < 4.78 is 33.7. The van der Waals surface area contributed by atoms with Crippen molar-refractivity contribution in [1.82, 2.24) is 19.5 Å². The van der Waals surface area contributed by atoms with Gasteiger partial charge in [-0.1, -0.05) is 68.7 Å². The number of ether oxygens (including phenoxy) is 1. The maximum absolute atomic E-state index is 13.9. The average molecular weight is 629 g/mol. The largest absolute Gasteiger partial charge is 0.491 e. The first-order valence-corrected chi connectivity index (χ1v) is 17.4. The maximum Gasteiger partial charge on any atom is 0.264 e. The number of rotatable bonds is 13. The minimum absolute atomic E-state index is 0.157. The number of carbonyl (C=O) groups is 1. The Bertz CT molecular complexity index is 1810. The summed E-state index contributed by atoms with van der Waals surface area (Å²) in [6.07, 6.45) is 9.47. The standard InChI is InChI=1S/C35H40N4O5S/c1-4-6-14-31-30(34(41)39(24(3)38-31)35-36-21-28(22-37-35)44-5-2)20-25-16-18-26(19-17-25)29-13-9-10-15-33(29)45(42,43)23-32(40)27-11-7-8-12-27/h9-10,13,15-19,21-22,27H,4-8,11-12,14,20,23H2,1-3H3. The zero-order valence-corrected chi connectivity index (χ0v) is 27.0. The molecule has 0 spiro atoms. The first-order chi connectivity index (χ1) is 21.7. The summed E-state index contributed by atoms with van der Waals surface area (Å²) in [6, 6.07) is 14.4. The fourth-order valence-electron chi connectivity index (χ4n) is 5.96. The Hall–Kier alpha value is -4.18. The molecule has 4 aromatic rings. The predicted molar refractivity (Wildman–Crippen MR) is 174 cm³/mol. The van der Waals surface area contributed by atoms with E-state index in [4.69, 9.17) is 9.72 Å². The Morgan fingerprint density at radius 2 is 1.69 bits per heavy atom. The Labute approximate surface area is 264 Å². The minimum Gasteiger partial charge on any atom is -0.491 e. The zero-order chi connectivity index (χ0) is 32.0. The Morgan fingerprint density at radius 1 is 1.00 bits per heavy atom. The van der Waals surface area contributed by atoms with E-state index in [1.165, 1.54) is 4.57 Å². The van der Waals surface area contributed by atoms with Crippen LogP contribution in [0.4, 0.5) is 0 Å². The fourth-order valence-corrected chi connectivity index (χ4v) is 7.53. The number of Topliss-reactive ketones (excluding diaryl/α,β-unsaturated/α-hetero) is 1. The van der Waals surface area contributed by atoms with Gasteiger partial charge in [-0.2, -0.15) is 0 Å². The van der Waals surface area contributed by atoms with Crippen molar-refractivity contribution in [3.63, 3.8) is 0 Å². The highest BCUT2D eigenvalue weighted by molar-refractivity contribution is 7.92. The van der Waals surface area contributed by atoms with Crippen LogP contribution in [0, 0.1) is 12.8 Å². The predicted octanol–water partition coefficient (Wildman–Crippen LogP) is 5.86. The molecule has 2 aromatic carbocycles. The lowest BCUT2D eigenvalue weighted by molar-refractivity contribution is -0.120. The summed E-state index contributed by atoms with van der Waals surface area (Å²) >= 11 is 0. The molecule has 0 saturated heterocycles. The maximum atomic E-state index is 13.9. The molecule has 45 heavy (non-hydrogen) atoms. The average Bonchev–Trinajstić information content (AvgIpc) is 3.58. The third-order valence-corrected chi connectivity index (χ3v) is 10.0. The molecule has 1 aliphatic carbocycles. The Morgan fingerprint density at radius 3 is 2.36 bits per heavy atom. The van der Waals surface area contributed by atoms with Crippen LogP contribution in [0.25, 0.3) is 17.1 Å². The van der Waals surface area contributed by atoms with E-state index in [0.717, 1.165) is 55.3 Å². The Balaban J connectivity index is 1.45. The SMILES string of the molecule is CCCCc1nc(C)n(-c2ncc(OCC)cn2)c(=O)c1Cc1ccc(-c2ccccc2S(=O)(=O)CC(=O)C2CCCC2)cc1. The minimum atomic E-state index is -3.82. The summed E-state index contributed by atoms with van der Waals surface area (Å²) in [6.45, 7) is 6.24. The van der Waals surface area contributed by atoms with Crippen molar-refractivity contribution in [2.24, 2.45) is 5.92 Å². The van der Waals surface area contributed by atoms with Gasteiger partial charge in [0.1, 0.15) is 11.6 Å². The number of aromatic nitrogens is 4. The second-order valence-corrected chi connectivity index (χ2v) is 13.5. The van der Waals surface area contributed by atoms with Crippen LogP contribution in [0.2, 0.25) is 0 Å². The fraction of sp³-hybridized carbons (Fsp3) is 0.400. The number of nitrogens with zero attached hydrogens (tertiary/aromatic N) is 4. The molecule has 10 heteroatoms. The molecular weight excluding hydrogens is 588 g/mol. The van der Waals surface area contributed by atoms with Gasteiger partial charge in [-0.05, 0) is 56.7 Å². The number of hydrogen-bond acceptors (Lipinski definition) is 8. The summed E-state index contributed by atoms with van der Waals surface area (Å²) in [5, 5.41) is 0. The van der Waals surface area contributed by atoms with Crippen LogP contribution in [0.3, 0.4) is 0 Å². The van der Waals surface area contributed by atoms with Gasteiger partial charge in [0.2, 0.25) is 5.95 Å². The van der Waals surface area contributed by atoms with Gasteiger partial charge in [-0.3, -0.25) is 9.59 Å². The molecule has 236 valence electrons. The van der Waals surface area contributed by atoms with E-state index in [1.54, 1.807) is 43.6 Å². The van der Waals surface area contributed by atoms with E-state index >= 15 is 0 Å². The number of unbranched alkanes of at least 4 members (excludes halogenated alkanes) is 1. The molecule has 0 N–H and O–H groups in total. The van der Waals surface area contributed by atoms with Crippen LogP contribution in [-0.2, 0) is 27.5 Å². The normalized spacial score (nSPS) is 13.7. The van der Waals surface area contributed by atoms with Crippen LogP contribution in [0.5, 0.6) is 5.75 Å². The van der Waals surface area contributed by atoms with E-state index in [-0.39, 0.29) is 28.1 Å². The smallest absolute Gasteiger partial charge is 0.264 e. The molecule has 0 radical (unpaired) electrons. The first kappa shape index (κ1) is 32.2. The van der Waals surface area contributed by atoms with Crippen molar-refractivity contribution in [3.05, 3.63) is 93.9 Å². The van der Waals surface area contributed by atoms with Crippen molar-refractivity contribution in [1.29, 1.82) is 0 Å². The molecule has 0 bridgehead atoms. The lowest BCUT2D eigenvalue weighted by Gasteiger charge is -2.15. The van der Waals surface area contributed by atoms with E-state index in [9.17, 15) is 18.0 Å². The number of carbonyl (C=O) groups excluding carboxylic acids is 1. The van der Waals surface area contributed by atoms with Gasteiger partial charge >= 0.3 is 0 Å². The molecule has 9 nitrogen and oxygen atoms in total. The summed E-state index contributed by atoms with van der Waals surface area (Å²) in [5.74, 6) is 0.447. The Kier molecular flexibility index (Phi) is 10.2. The molecule has 0 amide bonds.